The Morgan fingerprint density at radius 3 is 2.57 bits per heavy atom. The second-order valence-corrected chi connectivity index (χ2v) is 8.43. The number of benzene rings is 2. The predicted octanol–water partition coefficient (Wildman–Crippen LogP) is 5.69. The van der Waals surface area contributed by atoms with Crippen molar-refractivity contribution in [1.82, 2.24) is 9.97 Å². The van der Waals surface area contributed by atoms with Crippen molar-refractivity contribution < 1.29 is 9.53 Å². The first-order chi connectivity index (χ1) is 14.4. The van der Waals surface area contributed by atoms with Gasteiger partial charge in [0.05, 0.1) is 0 Å². The number of hydrogen-bond donors (Lipinski definition) is 1. The number of ether oxygens (including phenoxy) is 1. The van der Waals surface area contributed by atoms with E-state index in [-0.39, 0.29) is 5.91 Å². The Balaban J connectivity index is 1.53. The van der Waals surface area contributed by atoms with Gasteiger partial charge in [-0.2, -0.15) is 0 Å². The molecule has 30 heavy (non-hydrogen) atoms. The summed E-state index contributed by atoms with van der Waals surface area (Å²) in [7, 11) is 0. The van der Waals surface area contributed by atoms with Crippen LogP contribution in [0, 0.1) is 20.8 Å². The van der Waals surface area contributed by atoms with Crippen LogP contribution in [0.25, 0.3) is 20.9 Å². The molecule has 0 bridgehead atoms. The molecule has 0 aliphatic rings. The molecule has 0 saturated carbocycles. The number of thiazole rings is 1. The van der Waals surface area contributed by atoms with Gasteiger partial charge in [-0.05, 0) is 74.7 Å². The molecule has 4 aromatic rings. The fourth-order valence-electron chi connectivity index (χ4n) is 3.28. The average molecular weight is 418 g/mol. The lowest BCUT2D eigenvalue weighted by Crippen LogP contribution is -2.30. The highest BCUT2D eigenvalue weighted by Gasteiger charge is 2.17. The summed E-state index contributed by atoms with van der Waals surface area (Å²) in [5, 5.41) is 3.87. The van der Waals surface area contributed by atoms with Gasteiger partial charge in [-0.25, -0.2) is 9.97 Å². The first-order valence-corrected chi connectivity index (χ1v) is 10.6. The SMILES string of the molecule is Cc1cc(C)cc(OC(C)C(=O)Nc2cc(-c3nc4cccnc4s3)ccc2C)c1. The summed E-state index contributed by atoms with van der Waals surface area (Å²) in [6, 6.07) is 15.7. The van der Waals surface area contributed by atoms with E-state index in [1.54, 1.807) is 13.1 Å². The molecule has 0 aliphatic carbocycles. The highest BCUT2D eigenvalue weighted by molar-refractivity contribution is 7.21. The van der Waals surface area contributed by atoms with Gasteiger partial charge in [0.2, 0.25) is 0 Å². The number of hydrogen-bond acceptors (Lipinski definition) is 5. The Morgan fingerprint density at radius 2 is 1.83 bits per heavy atom. The molecule has 2 heterocycles. The van der Waals surface area contributed by atoms with E-state index >= 15 is 0 Å². The average Bonchev–Trinajstić information content (AvgIpc) is 3.13. The second-order valence-electron chi connectivity index (χ2n) is 7.45. The molecule has 0 aliphatic heterocycles. The number of nitrogens with zero attached hydrogens (tertiary/aromatic N) is 2. The maximum absolute atomic E-state index is 12.8. The second kappa shape index (κ2) is 8.24. The van der Waals surface area contributed by atoms with Crippen molar-refractivity contribution in [3.05, 3.63) is 71.4 Å². The molecular formula is C24H23N3O2S. The van der Waals surface area contributed by atoms with Crippen LogP contribution in [0.15, 0.2) is 54.7 Å². The van der Waals surface area contributed by atoms with Gasteiger partial charge in [-0.3, -0.25) is 4.79 Å². The van der Waals surface area contributed by atoms with Gasteiger partial charge in [0, 0.05) is 17.4 Å². The number of aromatic nitrogens is 2. The van der Waals surface area contributed by atoms with Crippen LogP contribution in [0.4, 0.5) is 5.69 Å². The molecule has 0 saturated heterocycles. The van der Waals surface area contributed by atoms with Crippen molar-refractivity contribution in [2.75, 3.05) is 5.32 Å². The van der Waals surface area contributed by atoms with Crippen LogP contribution in [0.1, 0.15) is 23.6 Å². The fraction of sp³-hybridized carbons (Fsp3) is 0.208. The molecule has 2 aromatic heterocycles. The summed E-state index contributed by atoms with van der Waals surface area (Å²) in [5.74, 6) is 0.503. The monoisotopic (exact) mass is 417 g/mol. The molecule has 152 valence electrons. The largest absolute Gasteiger partial charge is 0.481 e. The molecule has 6 heteroatoms. The van der Waals surface area contributed by atoms with Crippen molar-refractivity contribution in [2.45, 2.75) is 33.8 Å². The first kappa shape index (κ1) is 20.0. The Bertz CT molecular complexity index is 1180. The Labute approximate surface area is 179 Å². The molecule has 1 amide bonds. The van der Waals surface area contributed by atoms with Gasteiger partial charge in [0.15, 0.2) is 6.10 Å². The van der Waals surface area contributed by atoms with Crippen molar-refractivity contribution in [2.24, 2.45) is 0 Å². The van der Waals surface area contributed by atoms with Crippen LogP contribution in [0.3, 0.4) is 0 Å². The van der Waals surface area contributed by atoms with E-state index in [1.807, 2.05) is 63.2 Å². The lowest BCUT2D eigenvalue weighted by atomic mass is 10.1. The number of carbonyl (C=O) groups is 1. The minimum absolute atomic E-state index is 0.194. The lowest BCUT2D eigenvalue weighted by Gasteiger charge is -2.17. The molecule has 0 fully saturated rings. The standard InChI is InChI=1S/C24H23N3O2S/c1-14-10-15(2)12-19(11-14)29-17(4)22(28)26-21-13-18(8-7-16(21)3)23-27-20-6-5-9-25-24(20)30-23/h5-13,17H,1-4H3,(H,26,28). The van der Waals surface area contributed by atoms with Gasteiger partial charge in [0.1, 0.15) is 21.1 Å². The quantitative estimate of drug-likeness (QED) is 0.453. The maximum atomic E-state index is 12.8. The summed E-state index contributed by atoms with van der Waals surface area (Å²) in [5.41, 5.74) is 5.75. The molecule has 5 nitrogen and oxygen atoms in total. The topological polar surface area (TPSA) is 64.1 Å². The molecule has 1 N–H and O–H groups in total. The van der Waals surface area contributed by atoms with E-state index in [0.29, 0.717) is 5.75 Å². The smallest absolute Gasteiger partial charge is 0.265 e. The number of fused-ring (bicyclic) bond motifs is 1. The summed E-state index contributed by atoms with van der Waals surface area (Å²) >= 11 is 1.53. The molecule has 4 rings (SSSR count). The Morgan fingerprint density at radius 1 is 1.07 bits per heavy atom. The number of pyridine rings is 1. The van der Waals surface area contributed by atoms with Crippen LogP contribution >= 0.6 is 11.3 Å². The van der Waals surface area contributed by atoms with Gasteiger partial charge in [0.25, 0.3) is 5.91 Å². The normalized spacial score (nSPS) is 12.0. The molecule has 1 atom stereocenters. The predicted molar refractivity (Wildman–Crippen MR) is 122 cm³/mol. The number of rotatable bonds is 5. The highest BCUT2D eigenvalue weighted by Crippen LogP contribution is 2.31. The van der Waals surface area contributed by atoms with Gasteiger partial charge < -0.3 is 10.1 Å². The van der Waals surface area contributed by atoms with Crippen molar-refractivity contribution in [3.63, 3.8) is 0 Å². The van der Waals surface area contributed by atoms with Crippen molar-refractivity contribution in [3.8, 4) is 16.3 Å². The zero-order chi connectivity index (χ0) is 21.3. The summed E-state index contributed by atoms with van der Waals surface area (Å²) in [6.07, 6.45) is 1.14. The van der Waals surface area contributed by atoms with E-state index in [9.17, 15) is 4.79 Å². The van der Waals surface area contributed by atoms with Gasteiger partial charge in [-0.1, -0.05) is 29.5 Å². The summed E-state index contributed by atoms with van der Waals surface area (Å²) < 4.78 is 5.87. The van der Waals surface area contributed by atoms with Crippen LogP contribution in [-0.4, -0.2) is 22.0 Å². The van der Waals surface area contributed by atoms with Gasteiger partial charge in [-0.15, -0.1) is 0 Å². The number of nitrogens with one attached hydrogen (secondary N) is 1. The van der Waals surface area contributed by atoms with E-state index in [4.69, 9.17) is 4.74 Å². The molecule has 1 unspecified atom stereocenters. The van der Waals surface area contributed by atoms with Crippen LogP contribution < -0.4 is 10.1 Å². The maximum Gasteiger partial charge on any atom is 0.265 e. The minimum atomic E-state index is -0.624. The first-order valence-electron chi connectivity index (χ1n) is 9.77. The Hall–Kier alpha value is -3.25. The molecule has 0 radical (unpaired) electrons. The highest BCUT2D eigenvalue weighted by atomic mass is 32.1. The summed E-state index contributed by atoms with van der Waals surface area (Å²) in [4.78, 5) is 22.7. The number of anilines is 1. The molecular weight excluding hydrogens is 394 g/mol. The third-order valence-electron chi connectivity index (χ3n) is 4.79. The van der Waals surface area contributed by atoms with Crippen LogP contribution in [0.5, 0.6) is 5.75 Å². The summed E-state index contributed by atoms with van der Waals surface area (Å²) in [6.45, 7) is 7.74. The van der Waals surface area contributed by atoms with E-state index in [1.165, 1.54) is 11.3 Å². The zero-order valence-electron chi connectivity index (χ0n) is 17.4. The van der Waals surface area contributed by atoms with Crippen LogP contribution in [-0.2, 0) is 4.79 Å². The lowest BCUT2D eigenvalue weighted by molar-refractivity contribution is -0.122. The van der Waals surface area contributed by atoms with E-state index in [2.05, 4.69) is 21.4 Å². The third kappa shape index (κ3) is 4.33. The van der Waals surface area contributed by atoms with Gasteiger partial charge >= 0.3 is 0 Å². The van der Waals surface area contributed by atoms with E-state index in [0.717, 1.165) is 43.3 Å². The molecule has 0 spiro atoms. The zero-order valence-corrected chi connectivity index (χ0v) is 18.2. The number of amides is 1. The Kier molecular flexibility index (Phi) is 5.50. The van der Waals surface area contributed by atoms with E-state index < -0.39 is 6.10 Å². The van der Waals surface area contributed by atoms with Crippen molar-refractivity contribution >= 4 is 33.3 Å². The van der Waals surface area contributed by atoms with Crippen molar-refractivity contribution in [1.29, 1.82) is 0 Å². The fourth-order valence-corrected chi connectivity index (χ4v) is 4.18. The third-order valence-corrected chi connectivity index (χ3v) is 5.81. The molecule has 2 aromatic carbocycles. The van der Waals surface area contributed by atoms with Crippen LogP contribution in [0.2, 0.25) is 0 Å². The number of carbonyl (C=O) groups excluding carboxylic acids is 1. The number of aryl methyl sites for hydroxylation is 3. The minimum Gasteiger partial charge on any atom is -0.481 e.